The van der Waals surface area contributed by atoms with Crippen LogP contribution in [-0.2, 0) is 9.59 Å². The molecule has 0 bridgehead atoms. The molecule has 116 valence electrons. The molecule has 1 aromatic rings. The molecular formula is C16H18FN3O2. The fourth-order valence-corrected chi connectivity index (χ4v) is 2.81. The van der Waals surface area contributed by atoms with Gasteiger partial charge in [0.25, 0.3) is 0 Å². The van der Waals surface area contributed by atoms with E-state index in [0.29, 0.717) is 13.0 Å². The minimum atomic E-state index is -1.10. The van der Waals surface area contributed by atoms with Crippen molar-refractivity contribution < 1.29 is 14.0 Å². The van der Waals surface area contributed by atoms with Crippen LogP contribution in [0.15, 0.2) is 18.3 Å². The molecule has 2 heterocycles. The van der Waals surface area contributed by atoms with E-state index in [9.17, 15) is 19.2 Å². The van der Waals surface area contributed by atoms with Crippen LogP contribution in [0.2, 0.25) is 0 Å². The molecule has 22 heavy (non-hydrogen) atoms. The van der Waals surface area contributed by atoms with Crippen LogP contribution in [0.4, 0.5) is 4.39 Å². The third-order valence-corrected chi connectivity index (χ3v) is 3.83. The van der Waals surface area contributed by atoms with E-state index in [1.165, 1.54) is 12.1 Å². The molecule has 2 rings (SSSR count). The van der Waals surface area contributed by atoms with Crippen LogP contribution < -0.4 is 0 Å². The number of pyridine rings is 1. The van der Waals surface area contributed by atoms with Crippen molar-refractivity contribution in [2.45, 2.75) is 38.6 Å². The number of hydrogen-bond acceptors (Lipinski definition) is 4. The van der Waals surface area contributed by atoms with Crippen LogP contribution in [0.25, 0.3) is 0 Å². The molecule has 1 aliphatic heterocycles. The summed E-state index contributed by atoms with van der Waals surface area (Å²) in [6.45, 7) is 4.23. The average molecular weight is 303 g/mol. The largest absolute Gasteiger partial charge is 0.332 e. The van der Waals surface area contributed by atoms with Crippen molar-refractivity contribution in [3.05, 3.63) is 29.8 Å². The fourth-order valence-electron chi connectivity index (χ4n) is 2.81. The zero-order valence-electron chi connectivity index (χ0n) is 12.6. The SMILES string of the molecule is CC(C)[C@@H](C(=O)[C@@H](C#N)c1ccc(F)cn1)N1CCCC1=O. The quantitative estimate of drug-likeness (QED) is 0.834. The van der Waals surface area contributed by atoms with Gasteiger partial charge < -0.3 is 4.90 Å². The van der Waals surface area contributed by atoms with E-state index in [-0.39, 0.29) is 23.3 Å². The van der Waals surface area contributed by atoms with Gasteiger partial charge in [-0.05, 0) is 24.5 Å². The monoisotopic (exact) mass is 303 g/mol. The summed E-state index contributed by atoms with van der Waals surface area (Å²) in [7, 11) is 0. The number of ketones is 1. The predicted molar refractivity (Wildman–Crippen MR) is 77.1 cm³/mol. The second-order valence-electron chi connectivity index (χ2n) is 5.75. The number of likely N-dealkylation sites (tertiary alicyclic amines) is 1. The van der Waals surface area contributed by atoms with Gasteiger partial charge in [0.2, 0.25) is 5.91 Å². The number of amides is 1. The standard InChI is InChI=1S/C16H18FN3O2/c1-10(2)15(20-7-3-4-14(20)21)16(22)12(8-18)13-6-5-11(17)9-19-13/h5-6,9-10,12,15H,3-4,7H2,1-2H3/t12-,15-/m0/s1. The Kier molecular flexibility index (Phi) is 4.86. The minimum absolute atomic E-state index is 0.0594. The molecule has 0 N–H and O–H groups in total. The van der Waals surface area contributed by atoms with Gasteiger partial charge in [-0.15, -0.1) is 0 Å². The summed E-state index contributed by atoms with van der Waals surface area (Å²) in [6, 6.07) is 3.80. The molecule has 0 saturated carbocycles. The number of Topliss-reactive ketones (excluding diaryl/α,β-unsaturated/α-hetero) is 1. The smallest absolute Gasteiger partial charge is 0.223 e. The van der Waals surface area contributed by atoms with E-state index < -0.39 is 17.8 Å². The van der Waals surface area contributed by atoms with Crippen molar-refractivity contribution in [2.75, 3.05) is 6.54 Å². The van der Waals surface area contributed by atoms with Crippen LogP contribution in [0, 0.1) is 23.1 Å². The van der Waals surface area contributed by atoms with E-state index in [1.807, 2.05) is 19.9 Å². The number of carbonyl (C=O) groups excluding carboxylic acids is 2. The number of carbonyl (C=O) groups is 2. The average Bonchev–Trinajstić information content (AvgIpc) is 2.88. The number of halogens is 1. The van der Waals surface area contributed by atoms with Gasteiger partial charge >= 0.3 is 0 Å². The maximum absolute atomic E-state index is 13.0. The van der Waals surface area contributed by atoms with Crippen molar-refractivity contribution in [1.29, 1.82) is 5.26 Å². The Balaban J connectivity index is 2.30. The van der Waals surface area contributed by atoms with Crippen molar-refractivity contribution in [3.63, 3.8) is 0 Å². The Morgan fingerprint density at radius 2 is 2.18 bits per heavy atom. The van der Waals surface area contributed by atoms with E-state index in [4.69, 9.17) is 0 Å². The third kappa shape index (κ3) is 3.14. The first-order valence-electron chi connectivity index (χ1n) is 7.30. The summed E-state index contributed by atoms with van der Waals surface area (Å²) in [5.41, 5.74) is 0.214. The van der Waals surface area contributed by atoms with Crippen molar-refractivity contribution in [1.82, 2.24) is 9.88 Å². The number of nitrogens with zero attached hydrogens (tertiary/aromatic N) is 3. The maximum Gasteiger partial charge on any atom is 0.223 e. The number of rotatable bonds is 5. The van der Waals surface area contributed by atoms with Crippen LogP contribution >= 0.6 is 0 Å². The summed E-state index contributed by atoms with van der Waals surface area (Å²) >= 11 is 0. The molecule has 1 aliphatic rings. The van der Waals surface area contributed by atoms with Gasteiger partial charge in [-0.1, -0.05) is 13.8 Å². The lowest BCUT2D eigenvalue weighted by Gasteiger charge is -2.31. The number of aromatic nitrogens is 1. The summed E-state index contributed by atoms with van der Waals surface area (Å²) in [5, 5.41) is 9.35. The summed E-state index contributed by atoms with van der Waals surface area (Å²) in [4.78, 5) is 30.1. The Labute approximate surface area is 128 Å². The van der Waals surface area contributed by atoms with Gasteiger partial charge in [0.15, 0.2) is 5.78 Å². The Morgan fingerprint density at radius 3 is 2.64 bits per heavy atom. The van der Waals surface area contributed by atoms with Crippen LogP contribution in [0.3, 0.4) is 0 Å². The molecule has 0 aromatic carbocycles. The molecule has 0 radical (unpaired) electrons. The Hall–Kier alpha value is -2.29. The third-order valence-electron chi connectivity index (χ3n) is 3.83. The molecular weight excluding hydrogens is 285 g/mol. The summed E-state index contributed by atoms with van der Waals surface area (Å²) in [5.74, 6) is -2.14. The highest BCUT2D eigenvalue weighted by Crippen LogP contribution is 2.25. The second-order valence-corrected chi connectivity index (χ2v) is 5.75. The normalized spacial score (nSPS) is 17.4. The highest BCUT2D eigenvalue weighted by Gasteiger charge is 2.39. The molecule has 1 amide bonds. The number of hydrogen-bond donors (Lipinski definition) is 0. The Bertz CT molecular complexity index is 607. The highest BCUT2D eigenvalue weighted by molar-refractivity contribution is 5.95. The second kappa shape index (κ2) is 6.65. The molecule has 1 aromatic heterocycles. The van der Waals surface area contributed by atoms with Crippen LogP contribution in [0.5, 0.6) is 0 Å². The van der Waals surface area contributed by atoms with Crippen molar-refractivity contribution in [3.8, 4) is 6.07 Å². The maximum atomic E-state index is 13.0. The molecule has 1 saturated heterocycles. The van der Waals surface area contributed by atoms with Gasteiger partial charge in [-0.2, -0.15) is 5.26 Å². The lowest BCUT2D eigenvalue weighted by atomic mass is 9.88. The zero-order valence-corrected chi connectivity index (χ0v) is 12.6. The first-order chi connectivity index (χ1) is 10.5. The molecule has 0 aliphatic carbocycles. The molecule has 0 unspecified atom stereocenters. The lowest BCUT2D eigenvalue weighted by molar-refractivity contribution is -0.138. The first kappa shape index (κ1) is 16.1. The van der Waals surface area contributed by atoms with Gasteiger partial charge in [-0.25, -0.2) is 4.39 Å². The lowest BCUT2D eigenvalue weighted by Crippen LogP contribution is -2.47. The van der Waals surface area contributed by atoms with Gasteiger partial charge in [0.1, 0.15) is 11.7 Å². The van der Waals surface area contributed by atoms with E-state index in [0.717, 1.165) is 12.6 Å². The first-order valence-corrected chi connectivity index (χ1v) is 7.30. The van der Waals surface area contributed by atoms with Crippen molar-refractivity contribution >= 4 is 11.7 Å². The van der Waals surface area contributed by atoms with Gasteiger partial charge in [-0.3, -0.25) is 14.6 Å². The van der Waals surface area contributed by atoms with E-state index in [2.05, 4.69) is 4.98 Å². The van der Waals surface area contributed by atoms with Gasteiger partial charge in [0.05, 0.1) is 24.0 Å². The molecule has 5 nitrogen and oxygen atoms in total. The minimum Gasteiger partial charge on any atom is -0.332 e. The van der Waals surface area contributed by atoms with Crippen molar-refractivity contribution in [2.24, 2.45) is 5.92 Å². The molecule has 0 spiro atoms. The molecule has 6 heteroatoms. The topological polar surface area (TPSA) is 74.1 Å². The predicted octanol–water partition coefficient (Wildman–Crippen LogP) is 2.04. The molecule has 2 atom stereocenters. The highest BCUT2D eigenvalue weighted by atomic mass is 19.1. The van der Waals surface area contributed by atoms with E-state index in [1.54, 1.807) is 4.90 Å². The zero-order chi connectivity index (χ0) is 16.3. The molecule has 1 fully saturated rings. The summed E-state index contributed by atoms with van der Waals surface area (Å²) < 4.78 is 13.0. The van der Waals surface area contributed by atoms with Crippen LogP contribution in [0.1, 0.15) is 38.3 Å². The Morgan fingerprint density at radius 1 is 1.45 bits per heavy atom. The van der Waals surface area contributed by atoms with E-state index >= 15 is 0 Å². The van der Waals surface area contributed by atoms with Gasteiger partial charge in [0, 0.05) is 13.0 Å². The van der Waals surface area contributed by atoms with Crippen LogP contribution in [-0.4, -0.2) is 34.2 Å². The fraction of sp³-hybridized carbons (Fsp3) is 0.500. The number of nitriles is 1. The summed E-state index contributed by atoms with van der Waals surface area (Å²) in [6.07, 6.45) is 2.14.